The van der Waals surface area contributed by atoms with Gasteiger partial charge in [-0.15, -0.1) is 0 Å². The van der Waals surface area contributed by atoms with Gasteiger partial charge >= 0.3 is 0 Å². The summed E-state index contributed by atoms with van der Waals surface area (Å²) < 4.78 is 31.6. The highest BCUT2D eigenvalue weighted by atomic mass is 79.9. The number of aromatic nitrogens is 4. The van der Waals surface area contributed by atoms with Gasteiger partial charge in [0, 0.05) is 53.9 Å². The van der Waals surface area contributed by atoms with E-state index in [1.165, 1.54) is 79.6 Å². The minimum atomic E-state index is -1.10. The first kappa shape index (κ1) is 71.6. The van der Waals surface area contributed by atoms with Crippen molar-refractivity contribution in [2.45, 2.75) is 33.8 Å². The molecule has 4 aromatic heterocycles. The van der Waals surface area contributed by atoms with Crippen molar-refractivity contribution in [1.29, 1.82) is 0 Å². The van der Waals surface area contributed by atoms with Crippen molar-refractivity contribution >= 4 is 133 Å². The topological polar surface area (TPSA) is 328 Å². The molecule has 4 heterocycles. The van der Waals surface area contributed by atoms with Gasteiger partial charge < -0.3 is 41.8 Å². The van der Waals surface area contributed by atoms with Crippen LogP contribution in [0.2, 0.25) is 0 Å². The molecule has 4 amide bonds. The van der Waals surface area contributed by atoms with Crippen LogP contribution in [0.5, 0.6) is 0 Å². The molecule has 1 unspecified atom stereocenters. The first-order valence-corrected chi connectivity index (χ1v) is 29.6. The number of carbonyl (C=O) groups is 4. The zero-order valence-electron chi connectivity index (χ0n) is 47.7. The molecule has 0 radical (unpaired) electrons. The lowest BCUT2D eigenvalue weighted by atomic mass is 10.1. The number of nitrogens with one attached hydrogen (secondary N) is 8. The Morgan fingerprint density at radius 3 is 1.26 bits per heavy atom. The molecule has 0 fully saturated rings. The Balaban J connectivity index is 0.000000216. The fraction of sp³-hybridized carbons (Fsp3) is 0.186. The standard InChI is InChI=1S/C15H15BrFN3O4.C15H16BrN3O3.C15H16BrN3O2.C14H13BrFN3O3/c16-9-1-2-13(12(17)5-9)19-14-6-18-4-3-11(14)15(23)20-24-8-10(22)7-21;1-3-22-18-15(20)12-6-7-19(21)9-14(12)17-13-5-4-11(16)8-10(13)2;1-3-21-19-15(20)12-6-7-17-9-14(12)18-13-5-4-11(16)8-10(13)2;15-9-1-2-12(11(16)7-9)18-13-8-17-4-3-10(13)14(21)19-22-6-5-20/h1-6,10,19,21-22H,7-8H2,(H,20,23);4-9,17H,3H2,1-2H3,(H,18,20);4-9,18H,3H2,1-2H3,(H,19,20);1-4,7-8,18,20H,5-6H2,(H,19,21). The SMILES string of the molecule is CCONC(=O)c1cc[n+]([O-])cc1Nc1ccc(Br)cc1C.CCONC(=O)c1ccncc1Nc1ccc(Br)cc1C.O=C(NOCC(O)CO)c1ccncc1Nc1ccc(Br)cc1F.O=C(NOCCO)c1ccncc1Nc1ccc(Br)cc1F. The van der Waals surface area contributed by atoms with Crippen LogP contribution < -0.4 is 47.9 Å². The van der Waals surface area contributed by atoms with Gasteiger partial charge in [-0.05, 0) is 130 Å². The van der Waals surface area contributed by atoms with E-state index >= 15 is 0 Å². The maximum absolute atomic E-state index is 13.9. The van der Waals surface area contributed by atoms with Crippen LogP contribution in [0.4, 0.5) is 54.3 Å². The summed E-state index contributed by atoms with van der Waals surface area (Å²) in [5, 5.41) is 49.9. The van der Waals surface area contributed by atoms with Crippen molar-refractivity contribution in [1.82, 2.24) is 36.9 Å². The summed E-state index contributed by atoms with van der Waals surface area (Å²) >= 11 is 13.2. The van der Waals surface area contributed by atoms with Crippen molar-refractivity contribution in [2.24, 2.45) is 0 Å². The number of hydroxylamine groups is 4. The van der Waals surface area contributed by atoms with Gasteiger partial charge in [0.1, 0.15) is 30.0 Å². The highest BCUT2D eigenvalue weighted by Crippen LogP contribution is 2.29. The first-order valence-electron chi connectivity index (χ1n) is 26.4. The second-order valence-electron chi connectivity index (χ2n) is 17.9. The molecule has 0 saturated carbocycles. The molecule has 0 saturated heterocycles. The average molecular weight is 1490 g/mol. The predicted molar refractivity (Wildman–Crippen MR) is 342 cm³/mol. The van der Waals surface area contributed by atoms with Gasteiger partial charge in [0.25, 0.3) is 23.6 Å². The third-order valence-electron chi connectivity index (χ3n) is 11.3. The number of benzene rings is 4. The van der Waals surface area contributed by atoms with E-state index in [1.807, 2.05) is 50.2 Å². The lowest BCUT2D eigenvalue weighted by Crippen LogP contribution is -2.30. The maximum Gasteiger partial charge on any atom is 0.277 e. The molecule has 11 N–H and O–H groups in total. The molecule has 4 aromatic carbocycles. The zero-order valence-corrected chi connectivity index (χ0v) is 54.1. The molecule has 1 atom stereocenters. The summed E-state index contributed by atoms with van der Waals surface area (Å²) in [6.07, 6.45) is 10.3. The van der Waals surface area contributed by atoms with Gasteiger partial charge in [-0.25, -0.2) is 30.7 Å². The molecule has 470 valence electrons. The fourth-order valence-corrected chi connectivity index (χ4v) is 8.68. The molecule has 8 rings (SSSR count). The van der Waals surface area contributed by atoms with Crippen LogP contribution in [0.15, 0.2) is 165 Å². The molecule has 0 aliphatic carbocycles. The maximum atomic E-state index is 13.9. The minimum Gasteiger partial charge on any atom is -0.619 e. The Labute approximate surface area is 543 Å². The lowest BCUT2D eigenvalue weighted by molar-refractivity contribution is -0.604. The molecule has 0 bridgehead atoms. The van der Waals surface area contributed by atoms with Gasteiger partial charge in [-0.2, -0.15) is 4.73 Å². The van der Waals surface area contributed by atoms with Gasteiger partial charge in [0.15, 0.2) is 6.20 Å². The van der Waals surface area contributed by atoms with Crippen LogP contribution >= 0.6 is 63.7 Å². The van der Waals surface area contributed by atoms with Crippen LogP contribution in [0.3, 0.4) is 0 Å². The Hall–Kier alpha value is -8.14. The van der Waals surface area contributed by atoms with Gasteiger partial charge in [-0.1, -0.05) is 63.7 Å². The zero-order chi connectivity index (χ0) is 64.8. The number of anilines is 8. The summed E-state index contributed by atoms with van der Waals surface area (Å²) in [4.78, 5) is 79.5. The summed E-state index contributed by atoms with van der Waals surface area (Å²) in [6.45, 7) is 7.26. The van der Waals surface area contributed by atoms with Crippen molar-refractivity contribution < 1.29 is 67.4 Å². The highest BCUT2D eigenvalue weighted by molar-refractivity contribution is 9.11. The van der Waals surface area contributed by atoms with E-state index in [-0.39, 0.29) is 53.9 Å². The normalized spacial score (nSPS) is 10.7. The molecule has 24 nitrogen and oxygen atoms in total. The Kier molecular flexibility index (Phi) is 30.3. The summed E-state index contributed by atoms with van der Waals surface area (Å²) in [5.74, 6) is -2.84. The van der Waals surface area contributed by atoms with E-state index in [0.29, 0.717) is 55.1 Å². The van der Waals surface area contributed by atoms with Crippen molar-refractivity contribution in [2.75, 3.05) is 60.9 Å². The Bertz CT molecular complexity index is 3660. The Morgan fingerprint density at radius 1 is 0.517 bits per heavy atom. The van der Waals surface area contributed by atoms with Crippen LogP contribution in [-0.4, -0.2) is 99.6 Å². The Morgan fingerprint density at radius 2 is 0.876 bits per heavy atom. The summed E-state index contributed by atoms with van der Waals surface area (Å²) in [5.41, 5.74) is 16.0. The summed E-state index contributed by atoms with van der Waals surface area (Å²) in [7, 11) is 0. The lowest BCUT2D eigenvalue weighted by Gasteiger charge is -2.13. The number of hydrogen-bond acceptors (Lipinski definition) is 19. The van der Waals surface area contributed by atoms with E-state index in [2.05, 4.69) is 122 Å². The highest BCUT2D eigenvalue weighted by Gasteiger charge is 2.19. The van der Waals surface area contributed by atoms with E-state index in [4.69, 9.17) is 34.7 Å². The number of rotatable bonds is 23. The van der Waals surface area contributed by atoms with Crippen LogP contribution in [0, 0.1) is 30.7 Å². The number of halogens is 6. The minimum absolute atomic E-state index is 0.0269. The second-order valence-corrected chi connectivity index (χ2v) is 21.5. The number of amides is 4. The molecule has 30 heteroatoms. The number of pyridine rings is 4. The predicted octanol–water partition coefficient (Wildman–Crippen LogP) is 10.5. The van der Waals surface area contributed by atoms with E-state index in [9.17, 15) is 33.2 Å². The van der Waals surface area contributed by atoms with Crippen LogP contribution in [0.1, 0.15) is 66.4 Å². The molecule has 89 heavy (non-hydrogen) atoms. The number of hydrogen-bond donors (Lipinski definition) is 11. The largest absolute Gasteiger partial charge is 0.619 e. The molecule has 0 spiro atoms. The average Bonchev–Trinajstić information content (AvgIpc) is 3.72. The molecule has 8 aromatic rings. The van der Waals surface area contributed by atoms with Crippen LogP contribution in [0.25, 0.3) is 0 Å². The van der Waals surface area contributed by atoms with E-state index in [0.717, 1.165) is 31.4 Å². The second kappa shape index (κ2) is 37.6. The van der Waals surface area contributed by atoms with Gasteiger partial charge in [-0.3, -0.25) is 53.5 Å². The van der Waals surface area contributed by atoms with Gasteiger partial charge in [0.2, 0.25) is 6.20 Å². The van der Waals surface area contributed by atoms with Gasteiger partial charge in [0.05, 0.1) is 102 Å². The first-order chi connectivity index (χ1) is 42.7. The molecular formula is C59H60Br4F2N12O12. The molecule has 0 aliphatic heterocycles. The number of aryl methyl sites for hydroxylation is 2. The van der Waals surface area contributed by atoms with Crippen molar-refractivity contribution in [3.8, 4) is 0 Å². The van der Waals surface area contributed by atoms with E-state index < -0.39 is 42.1 Å². The number of carbonyl (C=O) groups excluding carboxylic acids is 4. The fourth-order valence-electron chi connectivity index (χ4n) is 7.06. The van der Waals surface area contributed by atoms with Crippen molar-refractivity contribution in [3.63, 3.8) is 0 Å². The summed E-state index contributed by atoms with van der Waals surface area (Å²) in [6, 6.07) is 26.5. The quantitative estimate of drug-likeness (QED) is 0.0123. The smallest absolute Gasteiger partial charge is 0.277 e. The monoisotopic (exact) mass is 1480 g/mol. The number of aliphatic hydroxyl groups is 3. The van der Waals surface area contributed by atoms with Crippen LogP contribution in [-0.2, 0) is 19.4 Å². The number of nitrogens with zero attached hydrogens (tertiary/aromatic N) is 4. The third-order valence-corrected chi connectivity index (χ3v) is 13.3. The van der Waals surface area contributed by atoms with E-state index in [1.54, 1.807) is 44.4 Å². The molecular weight excluding hydrogens is 1430 g/mol. The van der Waals surface area contributed by atoms with Crippen molar-refractivity contribution in [3.05, 3.63) is 215 Å². The molecule has 0 aliphatic rings. The number of aliphatic hydroxyl groups excluding tert-OH is 3. The third kappa shape index (κ3) is 23.7.